The Morgan fingerprint density at radius 2 is 1.79 bits per heavy atom. The molecule has 1 aromatic carbocycles. The number of ether oxygens (including phenoxy) is 3. The van der Waals surface area contributed by atoms with E-state index in [-0.39, 0.29) is 17.4 Å². The van der Waals surface area contributed by atoms with Gasteiger partial charge in [-0.2, -0.15) is 0 Å². The van der Waals surface area contributed by atoms with Crippen LogP contribution in [0, 0.1) is 0 Å². The van der Waals surface area contributed by atoms with Crippen LogP contribution in [0.5, 0.6) is 11.5 Å². The predicted molar refractivity (Wildman–Crippen MR) is 89.3 cm³/mol. The van der Waals surface area contributed by atoms with Crippen LogP contribution in [0.25, 0.3) is 10.1 Å². The molecule has 0 saturated carbocycles. The number of rotatable bonds is 7. The van der Waals surface area contributed by atoms with E-state index in [1.165, 1.54) is 20.3 Å². The molecule has 0 radical (unpaired) electrons. The number of methoxy groups -OCH3 is 2. The minimum absolute atomic E-state index is 0.0925. The summed E-state index contributed by atoms with van der Waals surface area (Å²) in [4.78, 5) is 11.4. The Kier molecular flexibility index (Phi) is 5.64. The van der Waals surface area contributed by atoms with Gasteiger partial charge >= 0.3 is 5.97 Å². The number of carbonyl (C=O) groups is 1. The summed E-state index contributed by atoms with van der Waals surface area (Å²) >= 11 is 0.981. The zero-order valence-corrected chi connectivity index (χ0v) is 14.8. The molecule has 0 saturated heterocycles. The largest absolute Gasteiger partial charge is 0.493 e. The Bertz CT molecular complexity index is 684. The molecule has 2 rings (SSSR count). The Balaban J connectivity index is 2.22. The van der Waals surface area contributed by atoms with E-state index in [0.29, 0.717) is 21.6 Å². The number of esters is 1. The summed E-state index contributed by atoms with van der Waals surface area (Å²) in [5, 5.41) is 0.650. The van der Waals surface area contributed by atoms with E-state index in [1.807, 2.05) is 0 Å². The molecule has 1 heterocycles. The molecular formula is C17H20F2O4S. The summed E-state index contributed by atoms with van der Waals surface area (Å²) < 4.78 is 44.7. The van der Waals surface area contributed by atoms with Gasteiger partial charge in [-0.3, -0.25) is 4.79 Å². The van der Waals surface area contributed by atoms with E-state index in [0.717, 1.165) is 11.3 Å². The number of fused-ring (bicyclic) bond motifs is 1. The average Bonchev–Trinajstić information content (AvgIpc) is 2.94. The van der Waals surface area contributed by atoms with Crippen molar-refractivity contribution in [3.8, 4) is 11.5 Å². The van der Waals surface area contributed by atoms with E-state index < -0.39 is 18.3 Å². The summed E-state index contributed by atoms with van der Waals surface area (Å²) in [5.74, 6) is -2.74. The van der Waals surface area contributed by atoms with Crippen molar-refractivity contribution in [2.45, 2.75) is 38.7 Å². The molecule has 0 aliphatic carbocycles. The third-order valence-corrected chi connectivity index (χ3v) is 4.60. The van der Waals surface area contributed by atoms with E-state index in [4.69, 9.17) is 14.2 Å². The molecule has 0 amide bonds. The van der Waals surface area contributed by atoms with Gasteiger partial charge in [0.05, 0.1) is 31.6 Å². The quantitative estimate of drug-likeness (QED) is 0.671. The molecule has 0 unspecified atom stereocenters. The van der Waals surface area contributed by atoms with Crippen LogP contribution in [0.1, 0.15) is 31.6 Å². The maximum absolute atomic E-state index is 14.4. The van der Waals surface area contributed by atoms with E-state index in [1.54, 1.807) is 26.0 Å². The standard InChI is InChI=1S/C17H20F2O4S/c1-10(2)23-16(20)5-6-17(18,19)15-8-11-7-12(21-3)13(22-4)9-14(11)24-15/h7-10H,5-6H2,1-4H3. The number of benzene rings is 1. The lowest BCUT2D eigenvalue weighted by Crippen LogP contribution is -2.17. The van der Waals surface area contributed by atoms with Crippen molar-refractivity contribution in [1.82, 2.24) is 0 Å². The number of hydrogen-bond donors (Lipinski definition) is 0. The molecule has 0 bridgehead atoms. The molecule has 7 heteroatoms. The van der Waals surface area contributed by atoms with Crippen molar-refractivity contribution in [3.05, 3.63) is 23.1 Å². The minimum atomic E-state index is -3.10. The lowest BCUT2D eigenvalue weighted by atomic mass is 10.1. The second kappa shape index (κ2) is 7.34. The summed E-state index contributed by atoms with van der Waals surface area (Å²) in [5.41, 5.74) is 0. The summed E-state index contributed by atoms with van der Waals surface area (Å²) in [7, 11) is 2.99. The fourth-order valence-corrected chi connectivity index (χ4v) is 3.33. The third kappa shape index (κ3) is 4.14. The summed E-state index contributed by atoms with van der Waals surface area (Å²) in [6.45, 7) is 3.37. The van der Waals surface area contributed by atoms with Crippen molar-refractivity contribution < 1.29 is 27.8 Å². The minimum Gasteiger partial charge on any atom is -0.493 e. The smallest absolute Gasteiger partial charge is 0.306 e. The highest BCUT2D eigenvalue weighted by atomic mass is 32.1. The Morgan fingerprint density at radius 1 is 1.17 bits per heavy atom. The van der Waals surface area contributed by atoms with Crippen molar-refractivity contribution in [1.29, 1.82) is 0 Å². The van der Waals surface area contributed by atoms with Crippen molar-refractivity contribution >= 4 is 27.4 Å². The van der Waals surface area contributed by atoms with Crippen molar-refractivity contribution in [2.24, 2.45) is 0 Å². The number of halogens is 2. The topological polar surface area (TPSA) is 44.8 Å². The fraction of sp³-hybridized carbons (Fsp3) is 0.471. The molecule has 24 heavy (non-hydrogen) atoms. The van der Waals surface area contributed by atoms with Crippen LogP contribution >= 0.6 is 11.3 Å². The van der Waals surface area contributed by atoms with Gasteiger partial charge in [-0.1, -0.05) is 0 Å². The zero-order valence-electron chi connectivity index (χ0n) is 14.0. The van der Waals surface area contributed by atoms with Crippen molar-refractivity contribution in [2.75, 3.05) is 14.2 Å². The molecule has 132 valence electrons. The van der Waals surface area contributed by atoms with Crippen molar-refractivity contribution in [3.63, 3.8) is 0 Å². The van der Waals surface area contributed by atoms with Gasteiger partial charge in [0.25, 0.3) is 5.92 Å². The van der Waals surface area contributed by atoms with Gasteiger partial charge in [-0.05, 0) is 31.4 Å². The zero-order chi connectivity index (χ0) is 17.9. The van der Waals surface area contributed by atoms with Crippen LogP contribution in [-0.4, -0.2) is 26.3 Å². The maximum Gasteiger partial charge on any atom is 0.306 e. The molecule has 0 spiro atoms. The second-order valence-corrected chi connectivity index (χ2v) is 6.68. The van der Waals surface area contributed by atoms with Gasteiger partial charge in [0.2, 0.25) is 0 Å². The van der Waals surface area contributed by atoms with Crippen LogP contribution < -0.4 is 9.47 Å². The SMILES string of the molecule is COc1cc2cc(C(F)(F)CCC(=O)OC(C)C)sc2cc1OC. The lowest BCUT2D eigenvalue weighted by Gasteiger charge is -2.14. The number of thiophene rings is 1. The second-order valence-electron chi connectivity index (χ2n) is 5.60. The highest BCUT2D eigenvalue weighted by molar-refractivity contribution is 7.19. The molecule has 0 atom stereocenters. The third-order valence-electron chi connectivity index (χ3n) is 3.39. The van der Waals surface area contributed by atoms with E-state index in [2.05, 4.69) is 0 Å². The first-order valence-corrected chi connectivity index (χ1v) is 8.32. The molecule has 2 aromatic rings. The highest BCUT2D eigenvalue weighted by Crippen LogP contribution is 2.43. The van der Waals surface area contributed by atoms with Crippen LogP contribution in [0.2, 0.25) is 0 Å². The Morgan fingerprint density at radius 3 is 2.38 bits per heavy atom. The van der Waals surface area contributed by atoms with Gasteiger partial charge in [0, 0.05) is 17.2 Å². The first-order chi connectivity index (χ1) is 11.3. The van der Waals surface area contributed by atoms with Crippen LogP contribution in [0.15, 0.2) is 18.2 Å². The molecule has 0 N–H and O–H groups in total. The first-order valence-electron chi connectivity index (χ1n) is 7.50. The van der Waals surface area contributed by atoms with Crippen LogP contribution in [0.3, 0.4) is 0 Å². The number of carbonyl (C=O) groups excluding carboxylic acids is 1. The van der Waals surface area contributed by atoms with Gasteiger partial charge in [0.15, 0.2) is 11.5 Å². The van der Waals surface area contributed by atoms with Crippen LogP contribution in [-0.2, 0) is 15.5 Å². The molecule has 1 aromatic heterocycles. The van der Waals surface area contributed by atoms with Gasteiger partial charge in [0.1, 0.15) is 0 Å². The fourth-order valence-electron chi connectivity index (χ4n) is 2.25. The Labute approximate surface area is 143 Å². The number of alkyl halides is 2. The molecule has 0 aliphatic heterocycles. The summed E-state index contributed by atoms with van der Waals surface area (Å²) in [6, 6.07) is 4.76. The molecule has 0 fully saturated rings. The van der Waals surface area contributed by atoms with Gasteiger partial charge < -0.3 is 14.2 Å². The highest BCUT2D eigenvalue weighted by Gasteiger charge is 2.34. The predicted octanol–water partition coefficient (Wildman–Crippen LogP) is 4.74. The molecular weight excluding hydrogens is 338 g/mol. The van der Waals surface area contributed by atoms with Gasteiger partial charge in [-0.15, -0.1) is 11.3 Å². The normalized spacial score (nSPS) is 11.8. The van der Waals surface area contributed by atoms with E-state index in [9.17, 15) is 13.6 Å². The lowest BCUT2D eigenvalue weighted by molar-refractivity contribution is -0.149. The average molecular weight is 358 g/mol. The first kappa shape index (κ1) is 18.4. The number of hydrogen-bond acceptors (Lipinski definition) is 5. The summed E-state index contributed by atoms with van der Waals surface area (Å²) in [6.07, 6.45) is -1.22. The monoisotopic (exact) mass is 358 g/mol. The van der Waals surface area contributed by atoms with Crippen LogP contribution in [0.4, 0.5) is 8.78 Å². The molecule has 4 nitrogen and oxygen atoms in total. The Hall–Kier alpha value is -1.89. The maximum atomic E-state index is 14.4. The van der Waals surface area contributed by atoms with Gasteiger partial charge in [-0.25, -0.2) is 8.78 Å². The van der Waals surface area contributed by atoms with E-state index >= 15 is 0 Å². The molecule has 0 aliphatic rings.